The van der Waals surface area contributed by atoms with Gasteiger partial charge in [0, 0.05) is 10.7 Å². The Balaban J connectivity index is 2.27. The summed E-state index contributed by atoms with van der Waals surface area (Å²) in [6.45, 7) is 1.34. The van der Waals surface area contributed by atoms with Gasteiger partial charge in [0.15, 0.2) is 0 Å². The maximum absolute atomic E-state index is 13.3. The van der Waals surface area contributed by atoms with Crippen molar-refractivity contribution in [3.8, 4) is 0 Å². The van der Waals surface area contributed by atoms with Gasteiger partial charge in [-0.1, -0.05) is 29.8 Å². The minimum Gasteiger partial charge on any atom is -0.343 e. The van der Waals surface area contributed by atoms with Crippen LogP contribution in [0.25, 0.3) is 11.0 Å². The van der Waals surface area contributed by atoms with E-state index in [0.29, 0.717) is 15.8 Å². The Kier molecular flexibility index (Phi) is 3.68. The fraction of sp³-hybridized carbons (Fsp3) is 0.200. The average Bonchev–Trinajstić information content (AvgIpc) is 2.84. The van der Waals surface area contributed by atoms with Gasteiger partial charge in [-0.3, -0.25) is 9.36 Å². The van der Waals surface area contributed by atoms with Gasteiger partial charge in [-0.05, 0) is 24.6 Å². The van der Waals surface area contributed by atoms with Crippen molar-refractivity contribution < 1.29 is 13.2 Å². The zero-order chi connectivity index (χ0) is 16.8. The monoisotopic (exact) mass is 341 g/mol. The topological polar surface area (TPSA) is 50.7 Å². The maximum atomic E-state index is 13.3. The Morgan fingerprint density at radius 2 is 2.00 bits per heavy atom. The zero-order valence-corrected chi connectivity index (χ0v) is 12.7. The number of alkyl halides is 3. The second kappa shape index (κ2) is 5.42. The molecule has 0 aliphatic heterocycles. The molecule has 0 spiro atoms. The number of rotatable bonds is 2. The number of hydrogen-bond acceptors (Lipinski definition) is 2. The third-order valence-electron chi connectivity index (χ3n) is 3.42. The van der Waals surface area contributed by atoms with Gasteiger partial charge in [0.1, 0.15) is 5.65 Å². The maximum Gasteiger partial charge on any atom is 0.449 e. The summed E-state index contributed by atoms with van der Waals surface area (Å²) in [5.74, 6) is -1.25. The van der Waals surface area contributed by atoms with Crippen molar-refractivity contribution in [3.63, 3.8) is 0 Å². The van der Waals surface area contributed by atoms with Crippen LogP contribution in [-0.4, -0.2) is 14.5 Å². The number of aromatic amines is 1. The molecule has 120 valence electrons. The van der Waals surface area contributed by atoms with Gasteiger partial charge in [0.25, 0.3) is 5.56 Å². The fourth-order valence-corrected chi connectivity index (χ4v) is 2.59. The number of H-pyrrole nitrogens is 1. The summed E-state index contributed by atoms with van der Waals surface area (Å²) in [6, 6.07) is 7.92. The summed E-state index contributed by atoms with van der Waals surface area (Å²) < 4.78 is 40.5. The fourth-order valence-electron chi connectivity index (χ4n) is 2.39. The molecule has 0 radical (unpaired) electrons. The van der Waals surface area contributed by atoms with Gasteiger partial charge >= 0.3 is 6.18 Å². The Hall–Kier alpha value is -2.28. The van der Waals surface area contributed by atoms with Crippen LogP contribution in [0.1, 0.15) is 17.1 Å². The van der Waals surface area contributed by atoms with E-state index >= 15 is 0 Å². The third kappa shape index (κ3) is 2.84. The zero-order valence-electron chi connectivity index (χ0n) is 11.9. The number of hydrogen-bond donors (Lipinski definition) is 1. The molecule has 2 aromatic heterocycles. The van der Waals surface area contributed by atoms with E-state index in [0.717, 1.165) is 0 Å². The van der Waals surface area contributed by atoms with Crippen molar-refractivity contribution in [1.82, 2.24) is 14.5 Å². The van der Waals surface area contributed by atoms with Crippen molar-refractivity contribution in [2.75, 3.05) is 0 Å². The first-order chi connectivity index (χ1) is 10.8. The van der Waals surface area contributed by atoms with Crippen molar-refractivity contribution >= 4 is 22.6 Å². The molecule has 0 bridgehead atoms. The minimum absolute atomic E-state index is 0.0739. The highest BCUT2D eigenvalue weighted by Crippen LogP contribution is 2.29. The van der Waals surface area contributed by atoms with Crippen LogP contribution in [0.5, 0.6) is 0 Å². The van der Waals surface area contributed by atoms with Gasteiger partial charge in [0.05, 0.1) is 11.9 Å². The standard InChI is InChI=1S/C15H11ClF3N3O/c1-8-6-10-12(20-8)21-14(15(17,18)19)22(13(10)23)7-9-4-2-3-5-11(9)16/h2-6,20H,7H2,1H3. The van der Waals surface area contributed by atoms with Crippen LogP contribution >= 0.6 is 11.6 Å². The molecule has 0 aliphatic carbocycles. The van der Waals surface area contributed by atoms with Crippen molar-refractivity contribution in [1.29, 1.82) is 0 Å². The normalized spacial score (nSPS) is 12.0. The lowest BCUT2D eigenvalue weighted by molar-refractivity contribution is -0.147. The molecule has 0 atom stereocenters. The number of benzene rings is 1. The van der Waals surface area contributed by atoms with Crippen molar-refractivity contribution in [3.05, 3.63) is 62.8 Å². The molecule has 0 aliphatic rings. The molecule has 23 heavy (non-hydrogen) atoms. The van der Waals surface area contributed by atoms with Gasteiger partial charge in [-0.2, -0.15) is 13.2 Å². The predicted octanol–water partition coefficient (Wildman–Crippen LogP) is 3.75. The molecule has 0 fully saturated rings. The summed E-state index contributed by atoms with van der Waals surface area (Å²) >= 11 is 5.99. The quantitative estimate of drug-likeness (QED) is 0.771. The Morgan fingerprint density at radius 3 is 2.65 bits per heavy atom. The Bertz CT molecular complexity index is 943. The van der Waals surface area contributed by atoms with E-state index < -0.39 is 17.6 Å². The molecular formula is C15H11ClF3N3O. The number of nitrogens with one attached hydrogen (secondary N) is 1. The minimum atomic E-state index is -4.76. The Morgan fingerprint density at radius 1 is 1.30 bits per heavy atom. The van der Waals surface area contributed by atoms with E-state index in [4.69, 9.17) is 11.6 Å². The SMILES string of the molecule is Cc1cc2c(=O)n(Cc3ccccc3Cl)c(C(F)(F)F)nc2[nH]1. The van der Waals surface area contributed by atoms with E-state index in [1.165, 1.54) is 6.07 Å². The molecule has 2 heterocycles. The highest BCUT2D eigenvalue weighted by Gasteiger charge is 2.37. The first kappa shape index (κ1) is 15.6. The van der Waals surface area contributed by atoms with Crippen LogP contribution in [0.4, 0.5) is 13.2 Å². The van der Waals surface area contributed by atoms with E-state index in [9.17, 15) is 18.0 Å². The van der Waals surface area contributed by atoms with Crippen LogP contribution in [0.15, 0.2) is 35.1 Å². The second-order valence-electron chi connectivity index (χ2n) is 5.13. The number of nitrogens with zero attached hydrogens (tertiary/aromatic N) is 2. The van der Waals surface area contributed by atoms with E-state index in [1.807, 2.05) is 0 Å². The van der Waals surface area contributed by atoms with Crippen molar-refractivity contribution in [2.45, 2.75) is 19.6 Å². The molecular weight excluding hydrogens is 331 g/mol. The third-order valence-corrected chi connectivity index (χ3v) is 3.79. The number of halogens is 4. The molecule has 3 aromatic rings. The number of aryl methyl sites for hydroxylation is 1. The Labute approximate surface area is 133 Å². The van der Waals surface area contributed by atoms with Gasteiger partial charge in [-0.15, -0.1) is 0 Å². The van der Waals surface area contributed by atoms with Crippen LogP contribution in [0.2, 0.25) is 5.02 Å². The lowest BCUT2D eigenvalue weighted by Gasteiger charge is -2.15. The molecule has 3 rings (SSSR count). The molecule has 8 heteroatoms. The van der Waals surface area contributed by atoms with E-state index in [1.54, 1.807) is 31.2 Å². The van der Waals surface area contributed by atoms with E-state index in [2.05, 4.69) is 9.97 Å². The summed E-state index contributed by atoms with van der Waals surface area (Å²) in [7, 11) is 0. The first-order valence-electron chi connectivity index (χ1n) is 6.68. The van der Waals surface area contributed by atoms with Gasteiger partial charge in [0.2, 0.25) is 5.82 Å². The molecule has 0 unspecified atom stereocenters. The van der Waals surface area contributed by atoms with Crippen molar-refractivity contribution in [2.24, 2.45) is 0 Å². The summed E-state index contributed by atoms with van der Waals surface area (Å²) in [6.07, 6.45) is -4.76. The van der Waals surface area contributed by atoms with Crippen LogP contribution in [0, 0.1) is 6.92 Å². The van der Waals surface area contributed by atoms with Crippen LogP contribution in [-0.2, 0) is 12.7 Å². The first-order valence-corrected chi connectivity index (χ1v) is 7.06. The molecule has 1 aromatic carbocycles. The molecule has 1 N–H and O–H groups in total. The average molecular weight is 342 g/mol. The second-order valence-corrected chi connectivity index (χ2v) is 5.54. The summed E-state index contributed by atoms with van der Waals surface area (Å²) in [4.78, 5) is 18.7. The summed E-state index contributed by atoms with van der Waals surface area (Å²) in [5, 5.41) is 0.403. The largest absolute Gasteiger partial charge is 0.449 e. The van der Waals surface area contributed by atoms with Gasteiger partial charge < -0.3 is 4.98 Å². The lowest BCUT2D eigenvalue weighted by atomic mass is 10.2. The highest BCUT2D eigenvalue weighted by atomic mass is 35.5. The summed E-state index contributed by atoms with van der Waals surface area (Å²) in [5.41, 5.74) is 0.144. The molecule has 4 nitrogen and oxygen atoms in total. The van der Waals surface area contributed by atoms with E-state index in [-0.39, 0.29) is 22.6 Å². The predicted molar refractivity (Wildman–Crippen MR) is 80.6 cm³/mol. The number of fused-ring (bicyclic) bond motifs is 1. The molecule has 0 saturated carbocycles. The van der Waals surface area contributed by atoms with Crippen LogP contribution in [0.3, 0.4) is 0 Å². The molecule has 0 amide bonds. The lowest BCUT2D eigenvalue weighted by Crippen LogP contribution is -2.30. The number of aromatic nitrogens is 3. The smallest absolute Gasteiger partial charge is 0.343 e. The van der Waals surface area contributed by atoms with Gasteiger partial charge in [-0.25, -0.2) is 4.98 Å². The highest BCUT2D eigenvalue weighted by molar-refractivity contribution is 6.31. The molecule has 0 saturated heterocycles. The van der Waals surface area contributed by atoms with Crippen LogP contribution < -0.4 is 5.56 Å².